The molecular formula is C16H16N4O. The molecule has 2 heterocycles. The maximum atomic E-state index is 5.64. The zero-order valence-electron chi connectivity index (χ0n) is 11.8. The standard InChI is InChI=1S/C16H16N4O/c1-11-5-4-8-14(18-11)15-19-16(21-20-15)13-7-3-2-6-12(13)9-10-17/h2-8H,9-10,17H2,1H3. The minimum atomic E-state index is 0.497. The van der Waals surface area contributed by atoms with Gasteiger partial charge in [0.1, 0.15) is 5.69 Å². The molecule has 0 aliphatic rings. The van der Waals surface area contributed by atoms with Crippen LogP contribution in [0.1, 0.15) is 11.3 Å². The van der Waals surface area contributed by atoms with E-state index in [4.69, 9.17) is 10.3 Å². The van der Waals surface area contributed by atoms with Crippen molar-refractivity contribution in [3.8, 4) is 23.0 Å². The highest BCUT2D eigenvalue weighted by Gasteiger charge is 2.14. The summed E-state index contributed by atoms with van der Waals surface area (Å²) in [5.41, 5.74) is 9.30. The molecule has 0 spiro atoms. The van der Waals surface area contributed by atoms with Gasteiger partial charge in [0.05, 0.1) is 0 Å². The Morgan fingerprint density at radius 3 is 2.71 bits per heavy atom. The van der Waals surface area contributed by atoms with Gasteiger partial charge in [0.15, 0.2) is 0 Å². The number of aryl methyl sites for hydroxylation is 1. The van der Waals surface area contributed by atoms with Crippen molar-refractivity contribution in [1.82, 2.24) is 15.1 Å². The van der Waals surface area contributed by atoms with Gasteiger partial charge in [-0.2, -0.15) is 4.98 Å². The van der Waals surface area contributed by atoms with Crippen molar-refractivity contribution in [2.45, 2.75) is 13.3 Å². The number of aromatic nitrogens is 3. The molecule has 0 fully saturated rings. The summed E-state index contributed by atoms with van der Waals surface area (Å²) >= 11 is 0. The first-order valence-corrected chi connectivity index (χ1v) is 6.84. The Balaban J connectivity index is 1.99. The molecule has 0 saturated heterocycles. The van der Waals surface area contributed by atoms with Crippen LogP contribution in [0.4, 0.5) is 0 Å². The molecule has 0 aliphatic heterocycles. The molecule has 0 amide bonds. The fourth-order valence-electron chi connectivity index (χ4n) is 2.21. The van der Waals surface area contributed by atoms with Crippen molar-refractivity contribution < 1.29 is 4.52 Å². The zero-order chi connectivity index (χ0) is 14.7. The van der Waals surface area contributed by atoms with E-state index >= 15 is 0 Å². The summed E-state index contributed by atoms with van der Waals surface area (Å²) in [5, 5.41) is 4.03. The molecule has 0 aliphatic carbocycles. The number of hydrogen-bond acceptors (Lipinski definition) is 5. The van der Waals surface area contributed by atoms with Crippen molar-refractivity contribution in [3.63, 3.8) is 0 Å². The fourth-order valence-corrected chi connectivity index (χ4v) is 2.21. The van der Waals surface area contributed by atoms with Gasteiger partial charge in [-0.05, 0) is 43.7 Å². The van der Waals surface area contributed by atoms with Gasteiger partial charge in [-0.25, -0.2) is 4.98 Å². The van der Waals surface area contributed by atoms with Crippen LogP contribution in [-0.4, -0.2) is 21.7 Å². The molecule has 106 valence electrons. The molecule has 3 rings (SSSR count). The van der Waals surface area contributed by atoms with E-state index < -0.39 is 0 Å². The molecule has 2 aromatic heterocycles. The third kappa shape index (κ3) is 2.83. The molecule has 0 atom stereocenters. The van der Waals surface area contributed by atoms with Gasteiger partial charge in [0.2, 0.25) is 5.82 Å². The minimum absolute atomic E-state index is 0.497. The van der Waals surface area contributed by atoms with Gasteiger partial charge in [-0.1, -0.05) is 29.4 Å². The second-order valence-corrected chi connectivity index (χ2v) is 4.78. The number of pyridine rings is 1. The average molecular weight is 280 g/mol. The summed E-state index contributed by atoms with van der Waals surface area (Å²) in [4.78, 5) is 8.86. The summed E-state index contributed by atoms with van der Waals surface area (Å²) < 4.78 is 5.39. The maximum absolute atomic E-state index is 5.64. The molecule has 2 N–H and O–H groups in total. The van der Waals surface area contributed by atoms with E-state index in [1.807, 2.05) is 49.4 Å². The number of benzene rings is 1. The Bertz CT molecular complexity index is 751. The highest BCUT2D eigenvalue weighted by Crippen LogP contribution is 2.24. The lowest BCUT2D eigenvalue weighted by Crippen LogP contribution is -2.03. The summed E-state index contributed by atoms with van der Waals surface area (Å²) in [7, 11) is 0. The van der Waals surface area contributed by atoms with Crippen LogP contribution >= 0.6 is 0 Å². The van der Waals surface area contributed by atoms with E-state index in [0.717, 1.165) is 23.2 Å². The predicted molar refractivity (Wildman–Crippen MR) is 80.5 cm³/mol. The van der Waals surface area contributed by atoms with Gasteiger partial charge in [-0.15, -0.1) is 0 Å². The quantitative estimate of drug-likeness (QED) is 0.794. The Morgan fingerprint density at radius 1 is 1.05 bits per heavy atom. The normalized spacial score (nSPS) is 10.8. The first-order chi connectivity index (χ1) is 10.3. The predicted octanol–water partition coefficient (Wildman–Crippen LogP) is 2.61. The largest absolute Gasteiger partial charge is 0.334 e. The second kappa shape index (κ2) is 5.85. The maximum Gasteiger partial charge on any atom is 0.258 e. The van der Waals surface area contributed by atoms with Gasteiger partial charge in [0.25, 0.3) is 5.89 Å². The highest BCUT2D eigenvalue weighted by atomic mass is 16.5. The zero-order valence-corrected chi connectivity index (χ0v) is 11.8. The molecule has 5 nitrogen and oxygen atoms in total. The topological polar surface area (TPSA) is 77.8 Å². The van der Waals surface area contributed by atoms with Crippen molar-refractivity contribution in [2.24, 2.45) is 5.73 Å². The fraction of sp³-hybridized carbons (Fsp3) is 0.188. The first-order valence-electron chi connectivity index (χ1n) is 6.84. The van der Waals surface area contributed by atoms with Crippen LogP contribution in [0.25, 0.3) is 23.0 Å². The molecule has 21 heavy (non-hydrogen) atoms. The first kappa shape index (κ1) is 13.5. The summed E-state index contributed by atoms with van der Waals surface area (Å²) in [6, 6.07) is 13.6. The molecule has 1 aromatic carbocycles. The summed E-state index contributed by atoms with van der Waals surface area (Å²) in [5.74, 6) is 0.994. The van der Waals surface area contributed by atoms with Gasteiger partial charge >= 0.3 is 0 Å². The van der Waals surface area contributed by atoms with Crippen LogP contribution in [0.5, 0.6) is 0 Å². The highest BCUT2D eigenvalue weighted by molar-refractivity contribution is 5.61. The lowest BCUT2D eigenvalue weighted by Gasteiger charge is -2.03. The van der Waals surface area contributed by atoms with E-state index in [2.05, 4.69) is 15.1 Å². The van der Waals surface area contributed by atoms with Crippen molar-refractivity contribution in [2.75, 3.05) is 6.54 Å². The van der Waals surface area contributed by atoms with E-state index in [1.54, 1.807) is 0 Å². The molecule has 0 radical (unpaired) electrons. The van der Waals surface area contributed by atoms with Crippen LogP contribution in [0.2, 0.25) is 0 Å². The smallest absolute Gasteiger partial charge is 0.258 e. The Hall–Kier alpha value is -2.53. The van der Waals surface area contributed by atoms with E-state index in [9.17, 15) is 0 Å². The lowest BCUT2D eigenvalue weighted by molar-refractivity contribution is 0.431. The number of hydrogen-bond donors (Lipinski definition) is 1. The van der Waals surface area contributed by atoms with E-state index in [1.165, 1.54) is 0 Å². The van der Waals surface area contributed by atoms with Gasteiger partial charge in [-0.3, -0.25) is 0 Å². The average Bonchev–Trinajstić information content (AvgIpc) is 2.98. The Kier molecular flexibility index (Phi) is 3.75. The Labute approximate surface area is 122 Å². The van der Waals surface area contributed by atoms with Crippen LogP contribution in [-0.2, 0) is 6.42 Å². The molecule has 3 aromatic rings. The van der Waals surface area contributed by atoms with Gasteiger partial charge in [0, 0.05) is 11.3 Å². The third-order valence-electron chi connectivity index (χ3n) is 3.20. The van der Waals surface area contributed by atoms with Crippen molar-refractivity contribution in [3.05, 3.63) is 53.7 Å². The van der Waals surface area contributed by atoms with E-state index in [-0.39, 0.29) is 0 Å². The molecule has 0 saturated carbocycles. The van der Waals surface area contributed by atoms with E-state index in [0.29, 0.717) is 24.0 Å². The monoisotopic (exact) mass is 280 g/mol. The van der Waals surface area contributed by atoms with Crippen LogP contribution in [0.3, 0.4) is 0 Å². The number of nitrogens with zero attached hydrogens (tertiary/aromatic N) is 3. The molecule has 0 bridgehead atoms. The number of nitrogens with two attached hydrogens (primary N) is 1. The third-order valence-corrected chi connectivity index (χ3v) is 3.20. The number of rotatable bonds is 4. The van der Waals surface area contributed by atoms with Crippen molar-refractivity contribution >= 4 is 0 Å². The van der Waals surface area contributed by atoms with Crippen LogP contribution in [0.15, 0.2) is 47.0 Å². The lowest BCUT2D eigenvalue weighted by atomic mass is 10.0. The second-order valence-electron chi connectivity index (χ2n) is 4.78. The van der Waals surface area contributed by atoms with Crippen LogP contribution < -0.4 is 5.73 Å². The van der Waals surface area contributed by atoms with Gasteiger partial charge < -0.3 is 10.3 Å². The molecule has 5 heteroatoms. The SMILES string of the molecule is Cc1cccc(-c2noc(-c3ccccc3CCN)n2)n1. The molecule has 0 unspecified atom stereocenters. The summed E-state index contributed by atoms with van der Waals surface area (Å²) in [6.45, 7) is 2.51. The van der Waals surface area contributed by atoms with Crippen LogP contribution in [0, 0.1) is 6.92 Å². The summed E-state index contributed by atoms with van der Waals surface area (Å²) in [6.07, 6.45) is 0.774. The van der Waals surface area contributed by atoms with Crippen molar-refractivity contribution in [1.29, 1.82) is 0 Å². The Morgan fingerprint density at radius 2 is 1.90 bits per heavy atom. The minimum Gasteiger partial charge on any atom is -0.334 e. The molecular weight excluding hydrogens is 264 g/mol.